The highest BCUT2D eigenvalue weighted by atomic mass is 79.9. The number of carbonyl (C=O) groups excluding carboxylic acids is 1. The van der Waals surface area contributed by atoms with Crippen LogP contribution in [-0.4, -0.2) is 10.8 Å². The molecule has 0 fully saturated rings. The zero-order valence-corrected chi connectivity index (χ0v) is 14.0. The number of hydrogen-bond donors (Lipinski definition) is 0. The molecule has 1 heterocycles. The van der Waals surface area contributed by atoms with E-state index in [1.165, 1.54) is 24.0 Å². The molecule has 2 nitrogen and oxygen atoms in total. The normalized spacial score (nSPS) is 13.3. The number of aromatic nitrogens is 1. The van der Waals surface area contributed by atoms with E-state index in [1.54, 1.807) is 6.20 Å². The average molecular weight is 395 g/mol. The van der Waals surface area contributed by atoms with Crippen LogP contribution in [0.3, 0.4) is 0 Å². The molecule has 20 heavy (non-hydrogen) atoms. The van der Waals surface area contributed by atoms with Gasteiger partial charge in [-0.25, -0.2) is 0 Å². The van der Waals surface area contributed by atoms with Crippen molar-refractivity contribution >= 4 is 37.6 Å². The molecule has 1 aromatic heterocycles. The first kappa shape index (κ1) is 14.0. The quantitative estimate of drug-likeness (QED) is 0.716. The van der Waals surface area contributed by atoms with Gasteiger partial charge >= 0.3 is 0 Å². The molecule has 102 valence electrons. The Morgan fingerprint density at radius 2 is 1.95 bits per heavy atom. The van der Waals surface area contributed by atoms with Crippen molar-refractivity contribution in [2.24, 2.45) is 0 Å². The number of nitrogens with zero attached hydrogens (tertiary/aromatic N) is 1. The van der Waals surface area contributed by atoms with E-state index in [-0.39, 0.29) is 5.78 Å². The molecular weight excluding hydrogens is 382 g/mol. The molecule has 3 rings (SSSR count). The maximum Gasteiger partial charge on any atom is 0.186 e. The van der Waals surface area contributed by atoms with Gasteiger partial charge in [0.05, 0.1) is 0 Å². The van der Waals surface area contributed by atoms with E-state index in [4.69, 9.17) is 0 Å². The van der Waals surface area contributed by atoms with Crippen molar-refractivity contribution in [2.45, 2.75) is 25.7 Å². The van der Waals surface area contributed by atoms with Gasteiger partial charge in [-0.2, -0.15) is 0 Å². The lowest BCUT2D eigenvalue weighted by molar-refractivity contribution is 0.0987. The predicted molar refractivity (Wildman–Crippen MR) is 86.1 cm³/mol. The van der Waals surface area contributed by atoms with Crippen LogP contribution in [0.4, 0.5) is 0 Å². The topological polar surface area (TPSA) is 30.0 Å². The highest BCUT2D eigenvalue weighted by Gasteiger charge is 2.15. The molecule has 0 saturated heterocycles. The summed E-state index contributed by atoms with van der Waals surface area (Å²) in [5, 5.41) is 0. The maximum absolute atomic E-state index is 12.3. The average Bonchev–Trinajstić information content (AvgIpc) is 2.85. The first-order chi connectivity index (χ1) is 9.63. The SMILES string of the molecule is O=C(Cc1ccc2c(c1)CCC2)c1ncc(Br)cc1Br. The van der Waals surface area contributed by atoms with Crippen LogP contribution in [0.1, 0.15) is 33.6 Å². The first-order valence-electron chi connectivity index (χ1n) is 6.58. The summed E-state index contributed by atoms with van der Waals surface area (Å²) in [6, 6.07) is 8.25. The minimum atomic E-state index is 0.0438. The number of Topliss-reactive ketones (excluding diaryl/α,β-unsaturated/α-hetero) is 1. The monoisotopic (exact) mass is 393 g/mol. The van der Waals surface area contributed by atoms with Gasteiger partial charge < -0.3 is 0 Å². The van der Waals surface area contributed by atoms with Crippen molar-refractivity contribution in [3.8, 4) is 0 Å². The largest absolute Gasteiger partial charge is 0.292 e. The summed E-state index contributed by atoms with van der Waals surface area (Å²) in [5.74, 6) is 0.0438. The number of hydrogen-bond acceptors (Lipinski definition) is 2. The van der Waals surface area contributed by atoms with Crippen LogP contribution in [0.2, 0.25) is 0 Å². The Labute approximate surface area is 134 Å². The van der Waals surface area contributed by atoms with Crippen LogP contribution in [0.5, 0.6) is 0 Å². The summed E-state index contributed by atoms with van der Waals surface area (Å²) in [5.41, 5.74) is 4.41. The fraction of sp³-hybridized carbons (Fsp3) is 0.250. The zero-order chi connectivity index (χ0) is 14.1. The fourth-order valence-corrected chi connectivity index (χ4v) is 3.83. The Kier molecular flexibility index (Phi) is 4.03. The molecule has 0 atom stereocenters. The minimum absolute atomic E-state index is 0.0438. The number of benzene rings is 1. The van der Waals surface area contributed by atoms with E-state index in [1.807, 2.05) is 6.07 Å². The van der Waals surface area contributed by atoms with Crippen LogP contribution in [0.25, 0.3) is 0 Å². The molecule has 0 saturated carbocycles. The van der Waals surface area contributed by atoms with Crippen molar-refractivity contribution in [1.82, 2.24) is 4.98 Å². The molecule has 0 unspecified atom stereocenters. The number of aryl methyl sites for hydroxylation is 2. The summed E-state index contributed by atoms with van der Waals surface area (Å²) in [6.45, 7) is 0. The van der Waals surface area contributed by atoms with Gasteiger partial charge in [0.1, 0.15) is 5.69 Å². The van der Waals surface area contributed by atoms with Crippen molar-refractivity contribution in [2.75, 3.05) is 0 Å². The van der Waals surface area contributed by atoms with Gasteiger partial charge in [-0.05, 0) is 73.9 Å². The molecule has 2 aromatic rings. The number of fused-ring (bicyclic) bond motifs is 1. The third-order valence-corrected chi connectivity index (χ3v) is 4.64. The number of halogens is 2. The summed E-state index contributed by atoms with van der Waals surface area (Å²) < 4.78 is 1.59. The molecule has 4 heteroatoms. The van der Waals surface area contributed by atoms with Gasteiger partial charge in [-0.3, -0.25) is 9.78 Å². The molecule has 1 aliphatic rings. The zero-order valence-electron chi connectivity index (χ0n) is 10.8. The van der Waals surface area contributed by atoms with Crippen molar-refractivity contribution in [3.05, 3.63) is 61.8 Å². The van der Waals surface area contributed by atoms with Crippen LogP contribution in [0.15, 0.2) is 39.4 Å². The molecule has 0 radical (unpaired) electrons. The van der Waals surface area contributed by atoms with Crippen molar-refractivity contribution in [1.29, 1.82) is 0 Å². The Balaban J connectivity index is 1.82. The summed E-state index contributed by atoms with van der Waals surface area (Å²) in [4.78, 5) is 16.5. The number of ketones is 1. The van der Waals surface area contributed by atoms with E-state index in [0.29, 0.717) is 12.1 Å². The molecule has 0 bridgehead atoms. The summed E-state index contributed by atoms with van der Waals surface area (Å²) in [7, 11) is 0. The van der Waals surface area contributed by atoms with E-state index < -0.39 is 0 Å². The Morgan fingerprint density at radius 3 is 2.75 bits per heavy atom. The lowest BCUT2D eigenvalue weighted by atomic mass is 10.0. The van der Waals surface area contributed by atoms with Gasteiger partial charge in [-0.1, -0.05) is 18.2 Å². The second-order valence-corrected chi connectivity index (χ2v) is 6.81. The number of pyridine rings is 1. The van der Waals surface area contributed by atoms with Gasteiger partial charge in [-0.15, -0.1) is 0 Å². The van der Waals surface area contributed by atoms with E-state index in [2.05, 4.69) is 55.0 Å². The van der Waals surface area contributed by atoms with Crippen LogP contribution in [-0.2, 0) is 19.3 Å². The third-order valence-electron chi connectivity index (χ3n) is 3.60. The van der Waals surface area contributed by atoms with E-state index >= 15 is 0 Å². The fourth-order valence-electron chi connectivity index (χ4n) is 2.62. The minimum Gasteiger partial charge on any atom is -0.292 e. The van der Waals surface area contributed by atoms with Gasteiger partial charge in [0.25, 0.3) is 0 Å². The highest BCUT2D eigenvalue weighted by molar-refractivity contribution is 9.11. The van der Waals surface area contributed by atoms with Crippen LogP contribution >= 0.6 is 31.9 Å². The Morgan fingerprint density at radius 1 is 1.15 bits per heavy atom. The van der Waals surface area contributed by atoms with E-state index in [9.17, 15) is 4.79 Å². The van der Waals surface area contributed by atoms with Crippen LogP contribution < -0.4 is 0 Å². The number of carbonyl (C=O) groups is 1. The van der Waals surface area contributed by atoms with Crippen molar-refractivity contribution < 1.29 is 4.79 Å². The maximum atomic E-state index is 12.3. The summed E-state index contributed by atoms with van der Waals surface area (Å²) >= 11 is 6.74. The van der Waals surface area contributed by atoms with E-state index in [0.717, 1.165) is 20.9 Å². The van der Waals surface area contributed by atoms with Crippen molar-refractivity contribution in [3.63, 3.8) is 0 Å². The smallest absolute Gasteiger partial charge is 0.186 e. The van der Waals surface area contributed by atoms with Gasteiger partial charge in [0, 0.05) is 21.6 Å². The summed E-state index contributed by atoms with van der Waals surface area (Å²) in [6.07, 6.45) is 5.59. The second-order valence-electron chi connectivity index (χ2n) is 5.04. The Hall–Kier alpha value is -1.00. The standard InChI is InChI=1S/C16H13Br2NO/c17-13-8-14(18)16(19-9-13)15(20)7-10-4-5-11-2-1-3-12(11)6-10/h4-6,8-9H,1-3,7H2. The van der Waals surface area contributed by atoms with Gasteiger partial charge in [0.2, 0.25) is 0 Å². The lowest BCUT2D eigenvalue weighted by Crippen LogP contribution is -2.07. The van der Waals surface area contributed by atoms with Crippen LogP contribution in [0, 0.1) is 0 Å². The second kappa shape index (κ2) is 5.78. The lowest BCUT2D eigenvalue weighted by Gasteiger charge is -2.06. The third kappa shape index (κ3) is 2.86. The molecule has 1 aromatic carbocycles. The predicted octanol–water partition coefficient (Wildman–Crippen LogP) is 4.52. The molecule has 0 amide bonds. The molecule has 0 aliphatic heterocycles. The molecule has 0 spiro atoms. The Bertz CT molecular complexity index is 682. The molecular formula is C16H13Br2NO. The van der Waals surface area contributed by atoms with Gasteiger partial charge in [0.15, 0.2) is 5.78 Å². The first-order valence-corrected chi connectivity index (χ1v) is 8.17. The number of rotatable bonds is 3. The highest BCUT2D eigenvalue weighted by Crippen LogP contribution is 2.24. The molecule has 1 aliphatic carbocycles. The molecule has 0 N–H and O–H groups in total.